The van der Waals surface area contributed by atoms with Crippen molar-refractivity contribution >= 4 is 34.9 Å². The molecule has 3 aliphatic heterocycles. The minimum absolute atomic E-state index is 0.00833. The smallest absolute Gasteiger partial charge is 0.232 e. The van der Waals surface area contributed by atoms with Crippen LogP contribution in [0.4, 0.5) is 17.6 Å². The van der Waals surface area contributed by atoms with Gasteiger partial charge in [-0.2, -0.15) is 9.97 Å². The Morgan fingerprint density at radius 1 is 0.973 bits per heavy atom. The van der Waals surface area contributed by atoms with Gasteiger partial charge in [0.2, 0.25) is 5.95 Å². The van der Waals surface area contributed by atoms with E-state index in [1.165, 1.54) is 50.5 Å². The molecule has 1 unspecified atom stereocenters. The van der Waals surface area contributed by atoms with Crippen molar-refractivity contribution in [3.63, 3.8) is 0 Å². The van der Waals surface area contributed by atoms with E-state index in [-0.39, 0.29) is 5.41 Å². The summed E-state index contributed by atoms with van der Waals surface area (Å²) in [5.41, 5.74) is 1.35. The average Bonchev–Trinajstić information content (AvgIpc) is 3.23. The molecular formula is C29H42N6OS. The number of benzene rings is 1. The summed E-state index contributed by atoms with van der Waals surface area (Å²) in [6.45, 7) is 7.76. The van der Waals surface area contributed by atoms with Crippen molar-refractivity contribution < 1.29 is 4.74 Å². The quantitative estimate of drug-likeness (QED) is 0.498. The molecule has 2 aromatic rings. The zero-order valence-electron chi connectivity index (χ0n) is 22.3. The fourth-order valence-corrected chi connectivity index (χ4v) is 6.21. The summed E-state index contributed by atoms with van der Waals surface area (Å²) in [7, 11) is 0. The number of piperidine rings is 1. The number of rotatable bonds is 6. The summed E-state index contributed by atoms with van der Waals surface area (Å²) in [6, 6.07) is 13.4. The Kier molecular flexibility index (Phi) is 8.77. The van der Waals surface area contributed by atoms with Crippen molar-refractivity contribution in [2.24, 2.45) is 0 Å². The normalized spacial score (nSPS) is 22.2. The number of aromatic nitrogens is 2. The predicted octanol–water partition coefficient (Wildman–Crippen LogP) is 5.27. The number of nitrogens with zero attached hydrogens (tertiary/aromatic N) is 4. The molecule has 37 heavy (non-hydrogen) atoms. The number of hydrogen-bond acceptors (Lipinski definition) is 6. The van der Waals surface area contributed by atoms with Gasteiger partial charge in [0.1, 0.15) is 11.6 Å². The lowest BCUT2D eigenvalue weighted by Crippen LogP contribution is -2.45. The summed E-state index contributed by atoms with van der Waals surface area (Å²) in [4.78, 5) is 14.8. The zero-order chi connectivity index (χ0) is 25.5. The number of anilines is 3. The van der Waals surface area contributed by atoms with E-state index in [4.69, 9.17) is 26.9 Å². The van der Waals surface area contributed by atoms with Crippen LogP contribution in [0, 0.1) is 0 Å². The van der Waals surface area contributed by atoms with Gasteiger partial charge < -0.3 is 25.2 Å². The van der Waals surface area contributed by atoms with Crippen molar-refractivity contribution in [1.29, 1.82) is 0 Å². The van der Waals surface area contributed by atoms with Gasteiger partial charge in [0.25, 0.3) is 0 Å². The minimum atomic E-state index is 0.00833. The van der Waals surface area contributed by atoms with Gasteiger partial charge in [-0.25, -0.2) is 0 Å². The van der Waals surface area contributed by atoms with Crippen LogP contribution in [0.25, 0.3) is 0 Å². The van der Waals surface area contributed by atoms with Crippen LogP contribution < -0.4 is 20.4 Å². The molecule has 4 heterocycles. The topological polar surface area (TPSA) is 65.5 Å². The first-order valence-corrected chi connectivity index (χ1v) is 14.6. The summed E-state index contributed by atoms with van der Waals surface area (Å²) in [6.07, 6.45) is 10.7. The third kappa shape index (κ3) is 6.52. The first-order valence-electron chi connectivity index (χ1n) is 14.2. The second-order valence-electron chi connectivity index (χ2n) is 10.9. The van der Waals surface area contributed by atoms with E-state index >= 15 is 0 Å². The zero-order valence-corrected chi connectivity index (χ0v) is 23.1. The van der Waals surface area contributed by atoms with Crippen molar-refractivity contribution in [3.8, 4) is 0 Å². The SMILES string of the molecule is CC1CCCCN1c1cc(N2CCCCCC2)nc(NC(=S)NCC2(c3ccccc3)CCOCC2)n1. The third-order valence-corrected chi connectivity index (χ3v) is 8.62. The number of thiocarbonyl (C=S) groups is 1. The molecule has 0 spiro atoms. The monoisotopic (exact) mass is 522 g/mol. The highest BCUT2D eigenvalue weighted by atomic mass is 32.1. The van der Waals surface area contributed by atoms with E-state index in [1.807, 2.05) is 0 Å². The molecule has 5 rings (SSSR count). The Morgan fingerprint density at radius 3 is 2.41 bits per heavy atom. The molecule has 2 N–H and O–H groups in total. The highest BCUT2D eigenvalue weighted by Gasteiger charge is 2.34. The third-order valence-electron chi connectivity index (χ3n) is 8.38. The standard InChI is InChI=1S/C29H42N6OS/c1-23-11-7-10-18-35(23)26-21-25(34-16-8-2-3-9-17-34)31-27(32-26)33-28(37)30-22-29(14-19-36-20-15-29)24-12-5-4-6-13-24/h4-6,12-13,21,23H,2-3,7-11,14-20,22H2,1H3,(H2,30,31,32,33,37). The molecular weight excluding hydrogens is 480 g/mol. The Bertz CT molecular complexity index is 1020. The summed E-state index contributed by atoms with van der Waals surface area (Å²) >= 11 is 5.79. The van der Waals surface area contributed by atoms with Crippen molar-refractivity contribution in [2.75, 3.05) is 54.5 Å². The molecule has 200 valence electrons. The van der Waals surface area contributed by atoms with Crippen LogP contribution in [-0.4, -0.2) is 60.5 Å². The van der Waals surface area contributed by atoms with Gasteiger partial charge in [-0.15, -0.1) is 0 Å². The van der Waals surface area contributed by atoms with E-state index < -0.39 is 0 Å². The summed E-state index contributed by atoms with van der Waals surface area (Å²) in [5.74, 6) is 2.62. The second-order valence-corrected chi connectivity index (χ2v) is 11.3. The predicted molar refractivity (Wildman–Crippen MR) is 156 cm³/mol. The molecule has 8 heteroatoms. The van der Waals surface area contributed by atoms with Crippen LogP contribution in [0.1, 0.15) is 70.3 Å². The van der Waals surface area contributed by atoms with Gasteiger partial charge in [0.15, 0.2) is 5.11 Å². The molecule has 0 amide bonds. The molecule has 0 saturated carbocycles. The van der Waals surface area contributed by atoms with Crippen LogP contribution in [0.5, 0.6) is 0 Å². The van der Waals surface area contributed by atoms with Crippen molar-refractivity contribution in [3.05, 3.63) is 42.0 Å². The van der Waals surface area contributed by atoms with E-state index in [1.54, 1.807) is 0 Å². The highest BCUT2D eigenvalue weighted by molar-refractivity contribution is 7.80. The molecule has 3 aliphatic rings. The average molecular weight is 523 g/mol. The summed E-state index contributed by atoms with van der Waals surface area (Å²) < 4.78 is 5.70. The lowest BCUT2D eigenvalue weighted by molar-refractivity contribution is 0.0515. The molecule has 0 aliphatic carbocycles. The molecule has 7 nitrogen and oxygen atoms in total. The van der Waals surface area contributed by atoms with Crippen molar-refractivity contribution in [1.82, 2.24) is 15.3 Å². The van der Waals surface area contributed by atoms with E-state index in [0.29, 0.717) is 17.1 Å². The molecule has 1 aromatic carbocycles. The number of nitrogens with one attached hydrogen (secondary N) is 2. The van der Waals surface area contributed by atoms with Gasteiger partial charge in [-0.1, -0.05) is 43.2 Å². The van der Waals surface area contributed by atoms with Gasteiger partial charge in [0.05, 0.1) is 0 Å². The maximum Gasteiger partial charge on any atom is 0.232 e. The fourth-order valence-electron chi connectivity index (χ4n) is 6.04. The Morgan fingerprint density at radius 2 is 1.68 bits per heavy atom. The summed E-state index contributed by atoms with van der Waals surface area (Å²) in [5, 5.41) is 7.44. The van der Waals surface area contributed by atoms with Crippen LogP contribution in [-0.2, 0) is 10.2 Å². The molecule has 1 aromatic heterocycles. The molecule has 3 fully saturated rings. The van der Waals surface area contributed by atoms with Crippen LogP contribution in [0.15, 0.2) is 36.4 Å². The number of ether oxygens (including phenoxy) is 1. The van der Waals surface area contributed by atoms with Crippen molar-refractivity contribution in [2.45, 2.75) is 76.2 Å². The van der Waals surface area contributed by atoms with Crippen LogP contribution >= 0.6 is 12.2 Å². The van der Waals surface area contributed by atoms with Crippen LogP contribution in [0.2, 0.25) is 0 Å². The highest BCUT2D eigenvalue weighted by Crippen LogP contribution is 2.34. The van der Waals surface area contributed by atoms with Gasteiger partial charge >= 0.3 is 0 Å². The lowest BCUT2D eigenvalue weighted by atomic mass is 9.74. The molecule has 1 atom stereocenters. The maximum atomic E-state index is 5.79. The fraction of sp³-hybridized carbons (Fsp3) is 0.621. The van der Waals surface area contributed by atoms with E-state index in [9.17, 15) is 0 Å². The van der Waals surface area contributed by atoms with Gasteiger partial charge in [-0.05, 0) is 69.7 Å². The van der Waals surface area contributed by atoms with Gasteiger partial charge in [-0.3, -0.25) is 0 Å². The molecule has 3 saturated heterocycles. The Balaban J connectivity index is 1.33. The molecule has 0 bridgehead atoms. The largest absolute Gasteiger partial charge is 0.381 e. The van der Waals surface area contributed by atoms with E-state index in [0.717, 1.165) is 63.9 Å². The Hall–Kier alpha value is -2.45. The first-order chi connectivity index (χ1) is 18.1. The van der Waals surface area contributed by atoms with Crippen LogP contribution in [0.3, 0.4) is 0 Å². The Labute approximate surface area is 227 Å². The van der Waals surface area contributed by atoms with E-state index in [2.05, 4.69) is 63.8 Å². The minimum Gasteiger partial charge on any atom is -0.381 e. The molecule has 0 radical (unpaired) electrons. The second kappa shape index (κ2) is 12.4. The lowest BCUT2D eigenvalue weighted by Gasteiger charge is -2.38. The van der Waals surface area contributed by atoms with Gasteiger partial charge in [0, 0.05) is 56.9 Å². The maximum absolute atomic E-state index is 5.79. The number of hydrogen-bond donors (Lipinski definition) is 2. The first kappa shape index (κ1) is 26.2.